The van der Waals surface area contributed by atoms with Crippen molar-refractivity contribution in [3.8, 4) is 5.75 Å². The molecule has 2 nitrogen and oxygen atoms in total. The standard InChI is InChI=1S/C15H25NO/c1-5-17-15-10-12(3)14(9-13(15)4)11(2)7-6-8-16/h9-11H,5-8,16H2,1-4H3. The van der Waals surface area contributed by atoms with Crippen LogP contribution in [0.15, 0.2) is 12.1 Å². The molecular weight excluding hydrogens is 210 g/mol. The van der Waals surface area contributed by atoms with Crippen LogP contribution in [0, 0.1) is 13.8 Å². The van der Waals surface area contributed by atoms with Crippen LogP contribution in [0.4, 0.5) is 0 Å². The molecule has 0 saturated carbocycles. The molecule has 1 aromatic carbocycles. The molecule has 0 saturated heterocycles. The number of aryl methyl sites for hydroxylation is 2. The van der Waals surface area contributed by atoms with Crippen LogP contribution in [0.5, 0.6) is 5.75 Å². The summed E-state index contributed by atoms with van der Waals surface area (Å²) in [6, 6.07) is 4.43. The SMILES string of the molecule is CCOc1cc(C)c(C(C)CCCN)cc1C. The lowest BCUT2D eigenvalue weighted by Crippen LogP contribution is -2.04. The fourth-order valence-electron chi connectivity index (χ4n) is 2.23. The summed E-state index contributed by atoms with van der Waals surface area (Å²) in [7, 11) is 0. The fraction of sp³-hybridized carbons (Fsp3) is 0.600. The van der Waals surface area contributed by atoms with Crippen molar-refractivity contribution in [1.82, 2.24) is 0 Å². The molecule has 0 aliphatic carbocycles. The van der Waals surface area contributed by atoms with E-state index in [0.29, 0.717) is 5.92 Å². The highest BCUT2D eigenvalue weighted by molar-refractivity contribution is 5.42. The summed E-state index contributed by atoms with van der Waals surface area (Å²) in [4.78, 5) is 0. The van der Waals surface area contributed by atoms with E-state index in [2.05, 4.69) is 32.9 Å². The Morgan fingerprint density at radius 1 is 1.24 bits per heavy atom. The lowest BCUT2D eigenvalue weighted by atomic mass is 9.91. The van der Waals surface area contributed by atoms with Gasteiger partial charge in [0.05, 0.1) is 6.61 Å². The van der Waals surface area contributed by atoms with Gasteiger partial charge in [-0.15, -0.1) is 0 Å². The van der Waals surface area contributed by atoms with Crippen molar-refractivity contribution in [1.29, 1.82) is 0 Å². The molecule has 0 radical (unpaired) electrons. The lowest BCUT2D eigenvalue weighted by Gasteiger charge is -2.17. The van der Waals surface area contributed by atoms with Crippen molar-refractivity contribution in [2.24, 2.45) is 5.73 Å². The van der Waals surface area contributed by atoms with Gasteiger partial charge < -0.3 is 10.5 Å². The third-order valence-corrected chi connectivity index (χ3v) is 3.24. The molecule has 17 heavy (non-hydrogen) atoms. The van der Waals surface area contributed by atoms with E-state index in [0.717, 1.165) is 31.7 Å². The summed E-state index contributed by atoms with van der Waals surface area (Å²) >= 11 is 0. The van der Waals surface area contributed by atoms with Crippen LogP contribution >= 0.6 is 0 Å². The van der Waals surface area contributed by atoms with Gasteiger partial charge in [0.2, 0.25) is 0 Å². The molecule has 1 atom stereocenters. The van der Waals surface area contributed by atoms with E-state index < -0.39 is 0 Å². The maximum atomic E-state index is 5.61. The Morgan fingerprint density at radius 2 is 1.94 bits per heavy atom. The van der Waals surface area contributed by atoms with Gasteiger partial charge in [-0.3, -0.25) is 0 Å². The molecule has 0 aromatic heterocycles. The van der Waals surface area contributed by atoms with E-state index in [-0.39, 0.29) is 0 Å². The first kappa shape index (κ1) is 14.0. The van der Waals surface area contributed by atoms with E-state index in [9.17, 15) is 0 Å². The first-order valence-corrected chi connectivity index (χ1v) is 6.54. The monoisotopic (exact) mass is 235 g/mol. The summed E-state index contributed by atoms with van der Waals surface area (Å²) in [6.45, 7) is 10.1. The Labute approximate surface area is 105 Å². The van der Waals surface area contributed by atoms with Crippen LogP contribution < -0.4 is 10.5 Å². The minimum Gasteiger partial charge on any atom is -0.494 e. The average Bonchev–Trinajstić information content (AvgIpc) is 2.30. The zero-order valence-electron chi connectivity index (χ0n) is 11.5. The third kappa shape index (κ3) is 3.74. The molecule has 1 unspecified atom stereocenters. The van der Waals surface area contributed by atoms with Crippen molar-refractivity contribution < 1.29 is 4.74 Å². The van der Waals surface area contributed by atoms with Gasteiger partial charge in [-0.2, -0.15) is 0 Å². The number of ether oxygens (including phenoxy) is 1. The highest BCUT2D eigenvalue weighted by Gasteiger charge is 2.11. The van der Waals surface area contributed by atoms with E-state index in [1.807, 2.05) is 6.92 Å². The van der Waals surface area contributed by atoms with Gasteiger partial charge >= 0.3 is 0 Å². The van der Waals surface area contributed by atoms with Gasteiger partial charge in [-0.25, -0.2) is 0 Å². The van der Waals surface area contributed by atoms with Gasteiger partial charge in [0.1, 0.15) is 5.75 Å². The summed E-state index contributed by atoms with van der Waals surface area (Å²) in [5.74, 6) is 1.59. The van der Waals surface area contributed by atoms with Crippen LogP contribution in [0.3, 0.4) is 0 Å². The maximum Gasteiger partial charge on any atom is 0.122 e. The minimum absolute atomic E-state index is 0.577. The van der Waals surface area contributed by atoms with Gasteiger partial charge in [-0.1, -0.05) is 13.0 Å². The van der Waals surface area contributed by atoms with Crippen LogP contribution in [0.2, 0.25) is 0 Å². The van der Waals surface area contributed by atoms with Crippen molar-refractivity contribution >= 4 is 0 Å². The number of rotatable bonds is 6. The van der Waals surface area contributed by atoms with Gasteiger partial charge in [0.25, 0.3) is 0 Å². The third-order valence-electron chi connectivity index (χ3n) is 3.24. The maximum absolute atomic E-state index is 5.61. The zero-order valence-corrected chi connectivity index (χ0v) is 11.5. The molecule has 0 amide bonds. The Morgan fingerprint density at radius 3 is 2.53 bits per heavy atom. The summed E-state index contributed by atoms with van der Waals surface area (Å²) in [6.07, 6.45) is 2.25. The Bertz CT molecular complexity index is 360. The molecule has 0 spiro atoms. The van der Waals surface area contributed by atoms with Gasteiger partial charge in [-0.05, 0) is 68.8 Å². The number of hydrogen-bond donors (Lipinski definition) is 1. The van der Waals surface area contributed by atoms with Crippen molar-refractivity contribution in [2.75, 3.05) is 13.2 Å². The van der Waals surface area contributed by atoms with Crippen LogP contribution in [0.25, 0.3) is 0 Å². The van der Waals surface area contributed by atoms with E-state index in [1.54, 1.807) is 0 Å². The second kappa shape index (κ2) is 6.65. The minimum atomic E-state index is 0.577. The quantitative estimate of drug-likeness (QED) is 0.818. The van der Waals surface area contributed by atoms with Crippen molar-refractivity contribution in [3.05, 3.63) is 28.8 Å². The number of nitrogens with two attached hydrogens (primary N) is 1. The molecular formula is C15H25NO. The number of hydrogen-bond acceptors (Lipinski definition) is 2. The average molecular weight is 235 g/mol. The van der Waals surface area contributed by atoms with Crippen molar-refractivity contribution in [2.45, 2.75) is 46.5 Å². The summed E-state index contributed by atoms with van der Waals surface area (Å²) < 4.78 is 5.61. The molecule has 0 heterocycles. The highest BCUT2D eigenvalue weighted by atomic mass is 16.5. The van der Waals surface area contributed by atoms with Crippen molar-refractivity contribution in [3.63, 3.8) is 0 Å². The smallest absolute Gasteiger partial charge is 0.122 e. The van der Waals surface area contributed by atoms with Crippen LogP contribution in [0.1, 0.15) is 49.3 Å². The lowest BCUT2D eigenvalue weighted by molar-refractivity contribution is 0.337. The molecule has 2 heteroatoms. The molecule has 1 aromatic rings. The highest BCUT2D eigenvalue weighted by Crippen LogP contribution is 2.29. The number of benzene rings is 1. The molecule has 0 aliphatic heterocycles. The Hall–Kier alpha value is -1.02. The van der Waals surface area contributed by atoms with Gasteiger partial charge in [0.15, 0.2) is 0 Å². The Balaban J connectivity index is 2.90. The summed E-state index contributed by atoms with van der Waals surface area (Å²) in [5.41, 5.74) is 9.55. The second-order valence-electron chi connectivity index (χ2n) is 4.74. The first-order chi connectivity index (χ1) is 8.10. The molecule has 0 bridgehead atoms. The summed E-state index contributed by atoms with van der Waals surface area (Å²) in [5, 5.41) is 0. The topological polar surface area (TPSA) is 35.2 Å². The van der Waals surface area contributed by atoms with Crippen LogP contribution in [-0.4, -0.2) is 13.2 Å². The second-order valence-corrected chi connectivity index (χ2v) is 4.74. The molecule has 0 aliphatic rings. The molecule has 0 fully saturated rings. The van der Waals surface area contributed by atoms with E-state index >= 15 is 0 Å². The van der Waals surface area contributed by atoms with Crippen LogP contribution in [-0.2, 0) is 0 Å². The van der Waals surface area contributed by atoms with E-state index in [1.165, 1.54) is 16.7 Å². The normalized spacial score (nSPS) is 12.5. The zero-order chi connectivity index (χ0) is 12.8. The molecule has 96 valence electrons. The van der Waals surface area contributed by atoms with Gasteiger partial charge in [0, 0.05) is 0 Å². The first-order valence-electron chi connectivity index (χ1n) is 6.54. The fourth-order valence-corrected chi connectivity index (χ4v) is 2.23. The largest absolute Gasteiger partial charge is 0.494 e. The molecule has 1 rings (SSSR count). The van der Waals surface area contributed by atoms with E-state index in [4.69, 9.17) is 10.5 Å². The predicted molar refractivity (Wildman–Crippen MR) is 73.8 cm³/mol. The Kier molecular flexibility index (Phi) is 5.49. The molecule has 2 N–H and O–H groups in total. The predicted octanol–water partition coefficient (Wildman–Crippen LogP) is 3.54.